The number of aromatic hydroxyl groups is 1. The molecule has 98 heavy (non-hydrogen) atoms. The van der Waals surface area contributed by atoms with Crippen LogP contribution in [0.25, 0.3) is 11.3 Å². The van der Waals surface area contributed by atoms with E-state index in [1.54, 1.807) is 85.6 Å². The lowest BCUT2D eigenvalue weighted by molar-refractivity contribution is 0.0696. The van der Waals surface area contributed by atoms with Gasteiger partial charge in [0.05, 0.1) is 60.8 Å². The number of nitrogens with zero attached hydrogens (tertiary/aromatic N) is 1. The van der Waals surface area contributed by atoms with Crippen LogP contribution in [0.4, 0.5) is 32.3 Å². The van der Waals surface area contributed by atoms with E-state index in [0.717, 1.165) is 61.4 Å². The molecule has 0 radical (unpaired) electrons. The topological polar surface area (TPSA) is 244 Å². The number of rotatable bonds is 20. The van der Waals surface area contributed by atoms with Crippen molar-refractivity contribution in [2.45, 2.75) is 37.3 Å². The van der Waals surface area contributed by atoms with Crippen molar-refractivity contribution in [2.24, 2.45) is 0 Å². The zero-order valence-electron chi connectivity index (χ0n) is 53.8. The number of phenols is 1. The van der Waals surface area contributed by atoms with Gasteiger partial charge in [0.1, 0.15) is 34.4 Å². The number of methoxy groups -OCH3 is 3. The third kappa shape index (κ3) is 20.3. The van der Waals surface area contributed by atoms with E-state index in [-0.39, 0.29) is 34.7 Å². The molecule has 0 aliphatic heterocycles. The summed E-state index contributed by atoms with van der Waals surface area (Å²) in [5.74, 6) is -1.06. The van der Waals surface area contributed by atoms with Crippen LogP contribution in [-0.2, 0) is 18.6 Å². The van der Waals surface area contributed by atoms with Crippen LogP contribution in [0.5, 0.6) is 23.0 Å². The number of thioether (sulfide) groups is 1. The van der Waals surface area contributed by atoms with Crippen molar-refractivity contribution in [2.75, 3.05) is 47.9 Å². The van der Waals surface area contributed by atoms with Crippen molar-refractivity contribution in [1.29, 1.82) is 0 Å². The van der Waals surface area contributed by atoms with Crippen molar-refractivity contribution in [3.8, 4) is 34.3 Å². The van der Waals surface area contributed by atoms with Crippen LogP contribution >= 0.6 is 39.0 Å². The SMILES string of the molecule is CCc1ccccc1NC(=O)c1ccccc1NC(=O)c1ccc(F)cc1.CCc1sc(NC(=O)c2c(OC)cccc2OC)nc1-c1ccccc1.COc1ccccc1NC(=O)c1ccccc1SCc1ccccc1.O=C(Nc1ccc(O)cc1C(=O)O)c1cccc(Br)c1. The monoisotopic (exact) mass is 1410 g/mol. The van der Waals surface area contributed by atoms with Gasteiger partial charge in [-0.15, -0.1) is 23.1 Å². The summed E-state index contributed by atoms with van der Waals surface area (Å²) in [5.41, 5.74) is 8.00. The first-order valence-corrected chi connectivity index (χ1v) is 33.1. The highest BCUT2D eigenvalue weighted by Crippen LogP contribution is 2.35. The summed E-state index contributed by atoms with van der Waals surface area (Å²) < 4.78 is 29.7. The van der Waals surface area contributed by atoms with Crippen molar-refractivity contribution in [3.63, 3.8) is 0 Å². The molecule has 21 heteroatoms. The number of ether oxygens (including phenoxy) is 3. The standard InChI is InChI=1S/C22H19FN2O2.C21H19NO2S.C20H20N2O3S.C14H10BrNO4/c1-2-15-7-3-5-9-19(15)24-22(27)18-8-4-6-10-20(18)25-21(26)16-11-13-17(23)14-12-16;1-24-19-13-7-6-12-18(19)22-21(23)17-11-5-8-14-20(17)25-15-16-9-3-2-4-10-16;1-4-16-18(13-9-6-5-7-10-13)21-20(26-16)22-19(23)17-14(24-2)11-8-12-15(17)25-3;15-9-3-1-2-8(6-9)13(18)16-12-5-4-10(17)7-11(12)14(19)20/h3-14H,2H2,1H3,(H,24,27)(H,25,26);2-14H,15H2,1H3,(H,22,23);5-12H,4H2,1-3H3,(H,21,22,23);1-7,17H,(H,16,18)(H,19,20). The molecule has 0 unspecified atom stereocenters. The number of carbonyl (C=O) groups excluding carboxylic acids is 5. The minimum absolute atomic E-state index is 0.125. The van der Waals surface area contributed by atoms with E-state index in [1.807, 2.05) is 128 Å². The smallest absolute Gasteiger partial charge is 0.337 e. The molecule has 0 saturated carbocycles. The van der Waals surface area contributed by atoms with Gasteiger partial charge < -0.3 is 45.7 Å². The number of carbonyl (C=O) groups is 6. The van der Waals surface area contributed by atoms with Gasteiger partial charge in [0.15, 0.2) is 5.13 Å². The molecule has 1 aromatic heterocycles. The van der Waals surface area contributed by atoms with Gasteiger partial charge in [-0.25, -0.2) is 14.2 Å². The van der Waals surface area contributed by atoms with Gasteiger partial charge in [-0.2, -0.15) is 0 Å². The van der Waals surface area contributed by atoms with Crippen LogP contribution in [0.15, 0.2) is 252 Å². The van der Waals surface area contributed by atoms with Crippen LogP contribution in [-0.4, -0.2) is 72.0 Å². The number of hydrogen-bond donors (Lipinski definition) is 7. The lowest BCUT2D eigenvalue weighted by Crippen LogP contribution is -2.18. The summed E-state index contributed by atoms with van der Waals surface area (Å²) in [6, 6.07) is 70.5. The summed E-state index contributed by atoms with van der Waals surface area (Å²) in [7, 11) is 4.64. The molecule has 0 aliphatic carbocycles. The number of thiazole rings is 1. The number of benzene rings is 10. The Hall–Kier alpha value is -11.4. The number of hydrogen-bond acceptors (Lipinski definition) is 13. The first-order chi connectivity index (χ1) is 47.5. The van der Waals surface area contributed by atoms with E-state index in [4.69, 9.17) is 19.3 Å². The fourth-order valence-electron chi connectivity index (χ4n) is 9.52. The minimum Gasteiger partial charge on any atom is -0.508 e. The zero-order chi connectivity index (χ0) is 69.9. The third-order valence-corrected chi connectivity index (χ3v) is 17.2. The number of aromatic nitrogens is 1. The van der Waals surface area contributed by atoms with Gasteiger partial charge >= 0.3 is 5.97 Å². The van der Waals surface area contributed by atoms with E-state index in [2.05, 4.69) is 66.6 Å². The van der Waals surface area contributed by atoms with Gasteiger partial charge in [-0.1, -0.05) is 157 Å². The largest absolute Gasteiger partial charge is 0.508 e. The number of amides is 5. The summed E-state index contributed by atoms with van der Waals surface area (Å²) in [6.07, 6.45) is 1.63. The van der Waals surface area contributed by atoms with E-state index in [1.165, 1.54) is 67.5 Å². The number of aromatic carboxylic acids is 1. The van der Waals surface area contributed by atoms with Crippen molar-refractivity contribution in [1.82, 2.24) is 4.98 Å². The molecular formula is C77H68BrFN6O11S2. The highest BCUT2D eigenvalue weighted by Gasteiger charge is 2.22. The molecule has 0 aliphatic rings. The predicted octanol–water partition coefficient (Wildman–Crippen LogP) is 17.9. The minimum atomic E-state index is -1.23. The number of phenolic OH excluding ortho intramolecular Hbond substituents is 1. The molecule has 498 valence electrons. The quantitative estimate of drug-likeness (QED) is 0.0278. The third-order valence-electron chi connectivity index (χ3n) is 14.4. The summed E-state index contributed by atoms with van der Waals surface area (Å²) in [4.78, 5) is 80.5. The number of para-hydroxylation sites is 4. The Morgan fingerprint density at radius 1 is 0.490 bits per heavy atom. The van der Waals surface area contributed by atoms with Crippen LogP contribution in [0, 0.1) is 5.82 Å². The zero-order valence-corrected chi connectivity index (χ0v) is 57.0. The maximum Gasteiger partial charge on any atom is 0.337 e. The average molecular weight is 1420 g/mol. The highest BCUT2D eigenvalue weighted by atomic mass is 79.9. The molecular weight excluding hydrogens is 1350 g/mol. The van der Waals surface area contributed by atoms with Crippen molar-refractivity contribution in [3.05, 3.63) is 302 Å². The van der Waals surface area contributed by atoms with Gasteiger partial charge in [0.25, 0.3) is 29.5 Å². The van der Waals surface area contributed by atoms with E-state index in [0.29, 0.717) is 61.6 Å². The predicted molar refractivity (Wildman–Crippen MR) is 390 cm³/mol. The van der Waals surface area contributed by atoms with Gasteiger partial charge in [0, 0.05) is 42.4 Å². The fraction of sp³-hybridized carbons (Fsp3) is 0.104. The number of aryl methyl sites for hydroxylation is 2. The Kier molecular flexibility index (Phi) is 27.0. The molecule has 11 rings (SSSR count). The lowest BCUT2D eigenvalue weighted by atomic mass is 10.1. The maximum atomic E-state index is 13.0. The molecule has 11 aromatic rings. The van der Waals surface area contributed by atoms with Crippen molar-refractivity contribution >= 4 is 102 Å². The van der Waals surface area contributed by atoms with Gasteiger partial charge in [-0.3, -0.25) is 29.3 Å². The van der Waals surface area contributed by atoms with E-state index < -0.39 is 23.6 Å². The van der Waals surface area contributed by atoms with E-state index >= 15 is 0 Å². The number of carboxylic acid groups (broad SMARTS) is 1. The van der Waals surface area contributed by atoms with Gasteiger partial charge in [-0.05, 0) is 139 Å². The van der Waals surface area contributed by atoms with E-state index in [9.17, 15) is 38.3 Å². The number of halogens is 2. The Morgan fingerprint density at radius 3 is 1.66 bits per heavy atom. The lowest BCUT2D eigenvalue weighted by Gasteiger charge is -2.13. The molecule has 10 aromatic carbocycles. The summed E-state index contributed by atoms with van der Waals surface area (Å²) in [5, 5.41) is 32.8. The second-order valence-corrected chi connectivity index (χ2v) is 23.9. The molecule has 0 spiro atoms. The Labute approximate surface area is 583 Å². The summed E-state index contributed by atoms with van der Waals surface area (Å²) in [6.45, 7) is 4.09. The highest BCUT2D eigenvalue weighted by molar-refractivity contribution is 9.10. The molecule has 0 saturated heterocycles. The summed E-state index contributed by atoms with van der Waals surface area (Å²) >= 11 is 6.39. The molecule has 0 bridgehead atoms. The Balaban J connectivity index is 0.000000168. The number of anilines is 5. The molecule has 1 heterocycles. The maximum absolute atomic E-state index is 13.0. The van der Waals surface area contributed by atoms with Crippen LogP contribution in [0.2, 0.25) is 0 Å². The second-order valence-electron chi connectivity index (χ2n) is 20.9. The molecule has 7 N–H and O–H groups in total. The van der Waals surface area contributed by atoms with Gasteiger partial charge in [0.2, 0.25) is 0 Å². The molecule has 17 nitrogen and oxygen atoms in total. The Bertz CT molecular complexity index is 4540. The molecule has 5 amide bonds. The normalized spacial score (nSPS) is 10.3. The second kappa shape index (κ2) is 36.5. The van der Waals surface area contributed by atoms with Crippen LogP contribution in [0.1, 0.15) is 92.0 Å². The number of nitrogens with one attached hydrogen (secondary N) is 5. The first-order valence-electron chi connectivity index (χ1n) is 30.5. The van der Waals surface area contributed by atoms with Crippen LogP contribution < -0.4 is 40.8 Å². The van der Waals surface area contributed by atoms with Crippen molar-refractivity contribution < 1.29 is 57.6 Å². The average Bonchev–Trinajstić information content (AvgIpc) is 1.57. The molecule has 0 fully saturated rings. The number of carboxylic acids is 1. The Morgan fingerprint density at radius 2 is 1.02 bits per heavy atom. The first kappa shape index (κ1) is 72.4. The fourth-order valence-corrected chi connectivity index (χ4v) is 11.8. The van der Waals surface area contributed by atoms with Crippen LogP contribution in [0.3, 0.4) is 0 Å². The molecule has 0 atom stereocenters.